The number of anilines is 1. The van der Waals surface area contributed by atoms with Gasteiger partial charge in [0.05, 0.1) is 18.0 Å². The summed E-state index contributed by atoms with van der Waals surface area (Å²) in [6.45, 7) is 0.678. The third-order valence-electron chi connectivity index (χ3n) is 6.95. The summed E-state index contributed by atoms with van der Waals surface area (Å²) >= 11 is 0. The molecule has 5 rings (SSSR count). The summed E-state index contributed by atoms with van der Waals surface area (Å²) in [7, 11) is 0. The van der Waals surface area contributed by atoms with Crippen molar-refractivity contribution < 1.29 is 14.7 Å². The number of carboxylic acid groups (broad SMARTS) is 1. The Morgan fingerprint density at radius 1 is 1.17 bits per heavy atom. The number of rotatable bonds is 3. The van der Waals surface area contributed by atoms with Crippen LogP contribution in [0.25, 0.3) is 0 Å². The average Bonchev–Trinajstić information content (AvgIpc) is 3.43. The number of para-hydroxylation sites is 1. The fourth-order valence-electron chi connectivity index (χ4n) is 5.66. The van der Waals surface area contributed by atoms with Crippen LogP contribution in [0.1, 0.15) is 55.6 Å². The van der Waals surface area contributed by atoms with Crippen molar-refractivity contribution >= 4 is 17.7 Å². The highest BCUT2D eigenvalue weighted by Crippen LogP contribution is 2.51. The molecular formula is C22H27N5O3. The van der Waals surface area contributed by atoms with Crippen LogP contribution in [0.2, 0.25) is 0 Å². The van der Waals surface area contributed by atoms with Gasteiger partial charge >= 0.3 is 6.09 Å². The number of aromatic nitrogens is 2. The van der Waals surface area contributed by atoms with Crippen molar-refractivity contribution in [3.05, 3.63) is 48.0 Å². The van der Waals surface area contributed by atoms with Gasteiger partial charge in [0.2, 0.25) is 5.91 Å². The molecule has 0 spiro atoms. The van der Waals surface area contributed by atoms with Gasteiger partial charge in [-0.25, -0.2) is 9.78 Å². The number of likely N-dealkylation sites (tertiary alicyclic amines) is 1. The number of amides is 2. The monoisotopic (exact) mass is 409 g/mol. The molecule has 8 heteroatoms. The first kappa shape index (κ1) is 19.0. The van der Waals surface area contributed by atoms with Gasteiger partial charge in [-0.15, -0.1) is 0 Å². The van der Waals surface area contributed by atoms with E-state index in [4.69, 9.17) is 0 Å². The Bertz CT molecular complexity index is 931. The molecule has 0 radical (unpaired) electrons. The van der Waals surface area contributed by atoms with Crippen molar-refractivity contribution in [1.29, 1.82) is 0 Å². The number of hydrogen-bond acceptors (Lipinski definition) is 4. The zero-order chi connectivity index (χ0) is 20.7. The Kier molecular flexibility index (Phi) is 4.84. The van der Waals surface area contributed by atoms with Crippen LogP contribution in [0.15, 0.2) is 36.7 Å². The third-order valence-corrected chi connectivity index (χ3v) is 6.95. The molecule has 0 bridgehead atoms. The van der Waals surface area contributed by atoms with E-state index in [1.807, 2.05) is 23.2 Å². The first-order chi connectivity index (χ1) is 14.6. The van der Waals surface area contributed by atoms with E-state index in [9.17, 15) is 14.7 Å². The fourth-order valence-corrected chi connectivity index (χ4v) is 5.66. The molecule has 2 fully saturated rings. The number of imidazole rings is 1. The highest BCUT2D eigenvalue weighted by Gasteiger charge is 2.49. The van der Waals surface area contributed by atoms with Crippen LogP contribution in [-0.2, 0) is 4.79 Å². The lowest BCUT2D eigenvalue weighted by Gasteiger charge is -2.41. The molecule has 2 aromatic rings. The Labute approximate surface area is 175 Å². The summed E-state index contributed by atoms with van der Waals surface area (Å²) in [4.78, 5) is 34.7. The Morgan fingerprint density at radius 2 is 2.00 bits per heavy atom. The van der Waals surface area contributed by atoms with E-state index in [1.54, 1.807) is 6.20 Å². The van der Waals surface area contributed by atoms with Crippen molar-refractivity contribution in [3.63, 3.8) is 0 Å². The number of fused-ring (bicyclic) bond motifs is 3. The number of carbonyl (C=O) groups excluding carboxylic acids is 1. The number of carbonyl (C=O) groups is 2. The van der Waals surface area contributed by atoms with E-state index in [0.717, 1.165) is 49.2 Å². The number of nitrogens with zero attached hydrogens (tertiary/aromatic N) is 2. The smallest absolute Gasteiger partial charge is 0.404 e. The molecular weight excluding hydrogens is 382 g/mol. The predicted octanol–water partition coefficient (Wildman–Crippen LogP) is 3.29. The van der Waals surface area contributed by atoms with Crippen molar-refractivity contribution in [2.75, 3.05) is 11.9 Å². The zero-order valence-corrected chi connectivity index (χ0v) is 16.8. The lowest BCUT2D eigenvalue weighted by Crippen LogP contribution is -2.49. The van der Waals surface area contributed by atoms with Crippen LogP contribution in [0.4, 0.5) is 10.5 Å². The molecule has 1 aromatic carbocycles. The van der Waals surface area contributed by atoms with Gasteiger partial charge in [-0.3, -0.25) is 4.79 Å². The summed E-state index contributed by atoms with van der Waals surface area (Å²) in [5.41, 5.74) is 2.17. The largest absolute Gasteiger partial charge is 0.465 e. The third kappa shape index (κ3) is 3.20. The molecule has 3 aliphatic rings. The zero-order valence-electron chi connectivity index (χ0n) is 16.8. The highest BCUT2D eigenvalue weighted by atomic mass is 16.4. The predicted molar refractivity (Wildman–Crippen MR) is 111 cm³/mol. The average molecular weight is 409 g/mol. The Morgan fingerprint density at radius 3 is 2.80 bits per heavy atom. The minimum absolute atomic E-state index is 0.0111. The summed E-state index contributed by atoms with van der Waals surface area (Å²) in [5.74, 6) is 0.884. The van der Waals surface area contributed by atoms with Gasteiger partial charge in [0.15, 0.2) is 0 Å². The molecule has 3 heterocycles. The van der Waals surface area contributed by atoms with Crippen LogP contribution >= 0.6 is 0 Å². The van der Waals surface area contributed by atoms with Gasteiger partial charge in [0.25, 0.3) is 0 Å². The fraction of sp³-hybridized carbons (Fsp3) is 0.500. The van der Waals surface area contributed by atoms with Crippen LogP contribution < -0.4 is 10.6 Å². The minimum atomic E-state index is -1.05. The first-order valence-corrected chi connectivity index (χ1v) is 10.8. The summed E-state index contributed by atoms with van der Waals surface area (Å²) in [6.07, 6.45) is 6.79. The van der Waals surface area contributed by atoms with Gasteiger partial charge in [-0.05, 0) is 30.9 Å². The normalized spacial score (nSPS) is 30.1. The summed E-state index contributed by atoms with van der Waals surface area (Å²) in [6, 6.07) is 7.84. The first-order valence-electron chi connectivity index (χ1n) is 10.8. The summed E-state index contributed by atoms with van der Waals surface area (Å²) < 4.78 is 0. The van der Waals surface area contributed by atoms with E-state index in [0.29, 0.717) is 6.54 Å². The van der Waals surface area contributed by atoms with Crippen molar-refractivity contribution in [3.8, 4) is 0 Å². The van der Waals surface area contributed by atoms with Gasteiger partial charge in [-0.2, -0.15) is 0 Å². The molecule has 1 aromatic heterocycles. The second-order valence-corrected chi connectivity index (χ2v) is 8.56. The molecule has 4 N–H and O–H groups in total. The molecule has 0 unspecified atom stereocenters. The second kappa shape index (κ2) is 7.66. The second-order valence-electron chi connectivity index (χ2n) is 8.56. The highest BCUT2D eigenvalue weighted by molar-refractivity contribution is 5.82. The number of nitrogens with one attached hydrogen (secondary N) is 3. The Balaban J connectivity index is 1.47. The van der Waals surface area contributed by atoms with Gasteiger partial charge < -0.3 is 25.6 Å². The van der Waals surface area contributed by atoms with E-state index < -0.39 is 6.09 Å². The Hall–Kier alpha value is -3.03. The lowest BCUT2D eigenvalue weighted by molar-refractivity contribution is -0.139. The number of benzene rings is 1. The van der Waals surface area contributed by atoms with E-state index in [1.165, 1.54) is 0 Å². The molecule has 1 aliphatic carbocycles. The lowest BCUT2D eigenvalue weighted by atomic mass is 9.81. The molecule has 2 amide bonds. The van der Waals surface area contributed by atoms with Gasteiger partial charge in [0, 0.05) is 36.6 Å². The van der Waals surface area contributed by atoms with Crippen LogP contribution in [0, 0.1) is 11.8 Å². The van der Waals surface area contributed by atoms with E-state index >= 15 is 0 Å². The number of hydrogen-bond donors (Lipinski definition) is 4. The number of aromatic amines is 1. The maximum atomic E-state index is 13.7. The van der Waals surface area contributed by atoms with Gasteiger partial charge in [0.1, 0.15) is 5.82 Å². The molecule has 1 saturated carbocycles. The van der Waals surface area contributed by atoms with Crippen molar-refractivity contribution in [2.45, 2.75) is 50.2 Å². The molecule has 30 heavy (non-hydrogen) atoms. The molecule has 5 atom stereocenters. The van der Waals surface area contributed by atoms with Crippen LogP contribution in [-0.4, -0.2) is 44.6 Å². The topological polar surface area (TPSA) is 110 Å². The van der Waals surface area contributed by atoms with Crippen LogP contribution in [0.5, 0.6) is 0 Å². The standard InChI is InChI=1S/C22H27N5O3/c28-21(14-6-2-4-8-17(14)26-22(29)30)27-12-9-15-18(20-23-10-11-24-20)25-16-7-3-1-5-13(16)19(15)27/h1,3,5,7,10-11,14-15,17-19,25-26H,2,4,6,8-9,12H2,(H,23,24)(H,29,30)/t14-,15-,17+,18-,19+/m0/s1. The maximum absolute atomic E-state index is 13.7. The van der Waals surface area contributed by atoms with Gasteiger partial charge in [-0.1, -0.05) is 31.0 Å². The van der Waals surface area contributed by atoms with Crippen molar-refractivity contribution in [2.24, 2.45) is 11.8 Å². The summed E-state index contributed by atoms with van der Waals surface area (Å²) in [5, 5.41) is 15.5. The number of H-pyrrole nitrogens is 1. The van der Waals surface area contributed by atoms with Crippen molar-refractivity contribution in [1.82, 2.24) is 20.2 Å². The van der Waals surface area contributed by atoms with E-state index in [2.05, 4.69) is 32.7 Å². The molecule has 1 saturated heterocycles. The van der Waals surface area contributed by atoms with E-state index in [-0.39, 0.29) is 35.9 Å². The quantitative estimate of drug-likeness (QED) is 0.622. The molecule has 8 nitrogen and oxygen atoms in total. The molecule has 2 aliphatic heterocycles. The minimum Gasteiger partial charge on any atom is -0.465 e. The molecule has 158 valence electrons. The van der Waals surface area contributed by atoms with Crippen LogP contribution in [0.3, 0.4) is 0 Å². The SMILES string of the molecule is O=C(O)N[C@@H]1CCCC[C@@H]1C(=O)N1CC[C@H]2[C@@H](c3ncc[nH]3)Nc3ccccc3[C@H]21. The maximum Gasteiger partial charge on any atom is 0.404 e.